The third-order valence-electron chi connectivity index (χ3n) is 3.77. The van der Waals surface area contributed by atoms with Gasteiger partial charge in [0.2, 0.25) is 0 Å². The van der Waals surface area contributed by atoms with Crippen LogP contribution < -0.4 is 0 Å². The minimum Gasteiger partial charge on any atom is -0.380 e. The highest BCUT2D eigenvalue weighted by atomic mass is 19.1. The van der Waals surface area contributed by atoms with Gasteiger partial charge in [-0.3, -0.25) is 4.79 Å². The van der Waals surface area contributed by atoms with Crippen LogP contribution in [0.25, 0.3) is 11.4 Å². The average Bonchev–Trinajstić information content (AvgIpc) is 2.97. The molecule has 0 saturated heterocycles. The molecule has 0 spiro atoms. The second-order valence-corrected chi connectivity index (χ2v) is 5.48. The van der Waals surface area contributed by atoms with Gasteiger partial charge in [0.1, 0.15) is 11.9 Å². The second-order valence-electron chi connectivity index (χ2n) is 5.48. The predicted molar refractivity (Wildman–Crippen MR) is 86.9 cm³/mol. The van der Waals surface area contributed by atoms with Crippen LogP contribution >= 0.6 is 0 Å². The third-order valence-corrected chi connectivity index (χ3v) is 3.77. The number of Topliss-reactive ketones (excluding diaryl/α,β-unsaturated/α-hetero) is 1. The van der Waals surface area contributed by atoms with E-state index in [1.54, 1.807) is 7.05 Å². The van der Waals surface area contributed by atoms with Crippen LogP contribution in [0.15, 0.2) is 48.5 Å². The van der Waals surface area contributed by atoms with Gasteiger partial charge in [-0.1, -0.05) is 30.3 Å². The molecule has 1 N–H and O–H groups in total. The smallest absolute Gasteiger partial charge is 0.181 e. The lowest BCUT2D eigenvalue weighted by atomic mass is 10.0. The number of hydrogen-bond acceptors (Lipinski definition) is 4. The number of aromatic nitrogens is 3. The van der Waals surface area contributed by atoms with Gasteiger partial charge >= 0.3 is 0 Å². The maximum absolute atomic E-state index is 14.1. The van der Waals surface area contributed by atoms with Crippen LogP contribution in [0.2, 0.25) is 0 Å². The Bertz CT molecular complexity index is 891. The number of hydrogen-bond donors (Lipinski definition) is 1. The molecule has 122 valence electrons. The zero-order chi connectivity index (χ0) is 17.3. The van der Waals surface area contributed by atoms with Crippen LogP contribution in [0.4, 0.5) is 4.39 Å². The van der Waals surface area contributed by atoms with E-state index in [4.69, 9.17) is 0 Å². The molecule has 0 amide bonds. The number of halogens is 1. The Balaban J connectivity index is 2.02. The van der Waals surface area contributed by atoms with Crippen LogP contribution in [0.3, 0.4) is 0 Å². The summed E-state index contributed by atoms with van der Waals surface area (Å²) in [7, 11) is 1.63. The highest BCUT2D eigenvalue weighted by molar-refractivity contribution is 5.94. The van der Waals surface area contributed by atoms with Gasteiger partial charge in [-0.2, -0.15) is 5.10 Å². The summed E-state index contributed by atoms with van der Waals surface area (Å²) in [6, 6.07) is 13.2. The molecule has 3 aromatic rings. The van der Waals surface area contributed by atoms with E-state index in [9.17, 15) is 14.3 Å². The van der Waals surface area contributed by atoms with Gasteiger partial charge in [-0.15, -0.1) is 0 Å². The van der Waals surface area contributed by atoms with Crippen LogP contribution in [0.5, 0.6) is 0 Å². The minimum atomic E-state index is -1.32. The molecule has 0 fully saturated rings. The van der Waals surface area contributed by atoms with Crippen LogP contribution in [0.1, 0.15) is 34.8 Å². The first-order chi connectivity index (χ1) is 11.5. The van der Waals surface area contributed by atoms with Gasteiger partial charge < -0.3 is 5.11 Å². The van der Waals surface area contributed by atoms with Crippen molar-refractivity contribution in [2.45, 2.75) is 13.0 Å². The quantitative estimate of drug-likeness (QED) is 0.749. The van der Waals surface area contributed by atoms with Crippen molar-refractivity contribution < 1.29 is 14.3 Å². The molecule has 0 aliphatic carbocycles. The summed E-state index contributed by atoms with van der Waals surface area (Å²) in [5.41, 5.74) is 1.12. The number of benzene rings is 2. The minimum absolute atomic E-state index is 0.00203. The topological polar surface area (TPSA) is 68.0 Å². The van der Waals surface area contributed by atoms with Crippen molar-refractivity contribution in [2.75, 3.05) is 0 Å². The molecule has 0 bridgehead atoms. The SMILES string of the molecule is CC(=O)c1ccc(F)c(C(O)c2nc(-c3ccccc3)nn2C)c1. The molecule has 6 heteroatoms. The van der Waals surface area contributed by atoms with Gasteiger partial charge in [-0.25, -0.2) is 14.1 Å². The molecular formula is C18H16FN3O2. The van der Waals surface area contributed by atoms with E-state index in [0.29, 0.717) is 11.4 Å². The van der Waals surface area contributed by atoms with Gasteiger partial charge in [0, 0.05) is 23.7 Å². The fraction of sp³-hybridized carbons (Fsp3) is 0.167. The Morgan fingerprint density at radius 1 is 1.21 bits per heavy atom. The lowest BCUT2D eigenvalue weighted by Gasteiger charge is -2.12. The molecule has 24 heavy (non-hydrogen) atoms. The number of aliphatic hydroxyl groups excluding tert-OH is 1. The van der Waals surface area contributed by atoms with E-state index in [0.717, 1.165) is 5.56 Å². The number of nitrogens with zero attached hydrogens (tertiary/aromatic N) is 3. The van der Waals surface area contributed by atoms with E-state index < -0.39 is 11.9 Å². The molecule has 1 aromatic heterocycles. The number of aliphatic hydroxyl groups is 1. The Kier molecular flexibility index (Phi) is 4.22. The van der Waals surface area contributed by atoms with Crippen molar-refractivity contribution in [3.63, 3.8) is 0 Å². The normalized spacial score (nSPS) is 12.2. The van der Waals surface area contributed by atoms with Crippen molar-refractivity contribution in [1.82, 2.24) is 14.8 Å². The van der Waals surface area contributed by atoms with Crippen LogP contribution in [0, 0.1) is 5.82 Å². The van der Waals surface area contributed by atoms with Crippen molar-refractivity contribution >= 4 is 5.78 Å². The molecular weight excluding hydrogens is 309 g/mol. The summed E-state index contributed by atoms with van der Waals surface area (Å²) in [5, 5.41) is 14.8. The first-order valence-electron chi connectivity index (χ1n) is 7.42. The Labute approximate surface area is 138 Å². The molecule has 1 heterocycles. The zero-order valence-corrected chi connectivity index (χ0v) is 13.3. The molecule has 0 aliphatic heterocycles. The number of aryl methyl sites for hydroxylation is 1. The highest BCUT2D eigenvalue weighted by Crippen LogP contribution is 2.26. The predicted octanol–water partition coefficient (Wildman–Crippen LogP) is 2.91. The van der Waals surface area contributed by atoms with Crippen molar-refractivity contribution in [1.29, 1.82) is 0 Å². The van der Waals surface area contributed by atoms with Crippen molar-refractivity contribution in [3.8, 4) is 11.4 Å². The first-order valence-corrected chi connectivity index (χ1v) is 7.42. The molecule has 1 atom stereocenters. The fourth-order valence-corrected chi connectivity index (χ4v) is 2.46. The number of carbonyl (C=O) groups is 1. The monoisotopic (exact) mass is 325 g/mol. The summed E-state index contributed by atoms with van der Waals surface area (Å²) in [4.78, 5) is 15.8. The second kappa shape index (κ2) is 6.33. The maximum atomic E-state index is 14.1. The highest BCUT2D eigenvalue weighted by Gasteiger charge is 2.22. The Morgan fingerprint density at radius 2 is 1.92 bits per heavy atom. The van der Waals surface area contributed by atoms with Crippen LogP contribution in [-0.4, -0.2) is 25.7 Å². The molecule has 5 nitrogen and oxygen atoms in total. The molecule has 2 aromatic carbocycles. The number of rotatable bonds is 4. The van der Waals surface area contributed by atoms with Gasteiger partial charge in [0.05, 0.1) is 0 Å². The molecule has 0 radical (unpaired) electrons. The Morgan fingerprint density at radius 3 is 2.58 bits per heavy atom. The maximum Gasteiger partial charge on any atom is 0.181 e. The molecule has 3 rings (SSSR count). The van der Waals surface area contributed by atoms with Crippen LogP contribution in [-0.2, 0) is 7.05 Å². The Hall–Kier alpha value is -2.86. The fourth-order valence-electron chi connectivity index (χ4n) is 2.46. The summed E-state index contributed by atoms with van der Waals surface area (Å²) in [6.45, 7) is 1.39. The van der Waals surface area contributed by atoms with E-state index in [1.807, 2.05) is 30.3 Å². The third kappa shape index (κ3) is 2.96. The molecule has 1 unspecified atom stereocenters. The number of carbonyl (C=O) groups excluding carboxylic acids is 1. The van der Waals surface area contributed by atoms with Gasteiger partial charge in [-0.05, 0) is 25.1 Å². The molecule has 0 aliphatic rings. The summed E-state index contributed by atoms with van der Waals surface area (Å²) >= 11 is 0. The van der Waals surface area contributed by atoms with E-state index in [2.05, 4.69) is 10.1 Å². The lowest BCUT2D eigenvalue weighted by molar-refractivity contribution is 0.101. The number of ketones is 1. The summed E-state index contributed by atoms with van der Waals surface area (Å²) in [5.74, 6) is -0.160. The standard InChI is InChI=1S/C18H16FN3O2/c1-11(23)13-8-9-15(19)14(10-13)16(24)18-20-17(21-22(18)2)12-6-4-3-5-7-12/h3-10,16,24H,1-2H3. The van der Waals surface area contributed by atoms with Crippen molar-refractivity contribution in [3.05, 3.63) is 71.3 Å². The van der Waals surface area contributed by atoms with Gasteiger partial charge in [0.15, 0.2) is 17.4 Å². The average molecular weight is 325 g/mol. The van der Waals surface area contributed by atoms with Crippen molar-refractivity contribution in [2.24, 2.45) is 7.05 Å². The first kappa shape index (κ1) is 16.0. The van der Waals surface area contributed by atoms with E-state index in [-0.39, 0.29) is 17.2 Å². The van der Waals surface area contributed by atoms with Gasteiger partial charge in [0.25, 0.3) is 0 Å². The molecule has 0 saturated carbocycles. The van der Waals surface area contributed by atoms with E-state index in [1.165, 1.54) is 29.8 Å². The summed E-state index contributed by atoms with van der Waals surface area (Å²) < 4.78 is 15.5. The lowest BCUT2D eigenvalue weighted by Crippen LogP contribution is -2.10. The zero-order valence-electron chi connectivity index (χ0n) is 13.3. The largest absolute Gasteiger partial charge is 0.380 e. The van der Waals surface area contributed by atoms with E-state index >= 15 is 0 Å². The summed E-state index contributed by atoms with van der Waals surface area (Å²) in [6.07, 6.45) is -1.32.